The lowest BCUT2D eigenvalue weighted by Crippen LogP contribution is -2.37. The van der Waals surface area contributed by atoms with Gasteiger partial charge in [0.1, 0.15) is 5.02 Å². The summed E-state index contributed by atoms with van der Waals surface area (Å²) in [5, 5.41) is 13.2. The standard InChI is InChI=1S/C18H16Cl2F3N3O4/c1-17(2,9-30-16-14(20)5-10(7-24-16)18(21,22)23)8-25-15(27)12-6-11(26(28)29)3-4-13(12)19/h3-7H,8-9H2,1-2H3,(H,25,27). The molecule has 0 atom stereocenters. The van der Waals surface area contributed by atoms with E-state index in [1.165, 1.54) is 12.1 Å². The molecule has 12 heteroatoms. The summed E-state index contributed by atoms with van der Waals surface area (Å²) >= 11 is 11.7. The van der Waals surface area contributed by atoms with Crippen LogP contribution < -0.4 is 10.1 Å². The number of alkyl halides is 3. The van der Waals surface area contributed by atoms with Gasteiger partial charge in [0, 0.05) is 30.3 Å². The summed E-state index contributed by atoms with van der Waals surface area (Å²) in [6.45, 7) is 3.48. The van der Waals surface area contributed by atoms with Crippen molar-refractivity contribution in [2.75, 3.05) is 13.2 Å². The molecule has 0 fully saturated rings. The highest BCUT2D eigenvalue weighted by Gasteiger charge is 2.32. The minimum atomic E-state index is -4.58. The predicted molar refractivity (Wildman–Crippen MR) is 104 cm³/mol. The monoisotopic (exact) mass is 465 g/mol. The molecule has 0 aliphatic rings. The minimum Gasteiger partial charge on any atom is -0.476 e. The number of halogens is 5. The molecule has 0 saturated heterocycles. The van der Waals surface area contributed by atoms with Crippen molar-refractivity contribution in [1.29, 1.82) is 0 Å². The summed E-state index contributed by atoms with van der Waals surface area (Å²) in [5.41, 5.74) is -2.03. The number of nitrogens with one attached hydrogen (secondary N) is 1. The summed E-state index contributed by atoms with van der Waals surface area (Å²) in [5.74, 6) is -0.798. The Morgan fingerprint density at radius 1 is 1.23 bits per heavy atom. The Morgan fingerprint density at radius 3 is 2.47 bits per heavy atom. The number of hydrogen-bond donors (Lipinski definition) is 1. The number of carbonyl (C=O) groups excluding carboxylic acids is 1. The van der Waals surface area contributed by atoms with E-state index in [1.54, 1.807) is 13.8 Å². The van der Waals surface area contributed by atoms with Crippen molar-refractivity contribution in [3.05, 3.63) is 61.7 Å². The zero-order valence-corrected chi connectivity index (χ0v) is 17.2. The highest BCUT2D eigenvalue weighted by atomic mass is 35.5. The molecule has 0 aliphatic heterocycles. The van der Waals surface area contributed by atoms with E-state index in [0.717, 1.165) is 6.07 Å². The van der Waals surface area contributed by atoms with Crippen LogP contribution in [-0.4, -0.2) is 29.0 Å². The molecule has 0 unspecified atom stereocenters. The number of hydrogen-bond acceptors (Lipinski definition) is 5. The number of non-ortho nitro benzene ring substituents is 1. The Labute approximate surface area is 179 Å². The van der Waals surface area contributed by atoms with Gasteiger partial charge in [0.2, 0.25) is 5.88 Å². The first-order valence-corrected chi connectivity index (χ1v) is 9.13. The van der Waals surface area contributed by atoms with Crippen molar-refractivity contribution in [3.8, 4) is 5.88 Å². The van der Waals surface area contributed by atoms with Crippen LogP contribution in [0.5, 0.6) is 5.88 Å². The number of ether oxygens (including phenoxy) is 1. The van der Waals surface area contributed by atoms with Crippen LogP contribution in [0.15, 0.2) is 30.5 Å². The highest BCUT2D eigenvalue weighted by Crippen LogP contribution is 2.33. The molecule has 1 heterocycles. The second-order valence-corrected chi connectivity index (χ2v) is 7.88. The number of benzene rings is 1. The molecular weight excluding hydrogens is 450 g/mol. The topological polar surface area (TPSA) is 94.4 Å². The third kappa shape index (κ3) is 6.20. The summed E-state index contributed by atoms with van der Waals surface area (Å²) < 4.78 is 43.4. The molecule has 2 rings (SSSR count). The molecule has 0 bridgehead atoms. The summed E-state index contributed by atoms with van der Waals surface area (Å²) in [6, 6.07) is 4.20. The number of nitrogens with zero attached hydrogens (tertiary/aromatic N) is 2. The SMILES string of the molecule is CC(C)(CNC(=O)c1cc([N+](=O)[O-])ccc1Cl)COc1ncc(C(F)(F)F)cc1Cl. The molecule has 0 radical (unpaired) electrons. The maximum absolute atomic E-state index is 12.7. The average Bonchev–Trinajstić information content (AvgIpc) is 2.64. The first-order valence-electron chi connectivity index (χ1n) is 8.38. The Kier molecular flexibility index (Phi) is 7.14. The van der Waals surface area contributed by atoms with Crippen molar-refractivity contribution in [2.24, 2.45) is 5.41 Å². The number of amides is 1. The van der Waals surface area contributed by atoms with Crippen LogP contribution in [0.2, 0.25) is 10.0 Å². The second-order valence-electron chi connectivity index (χ2n) is 7.07. The van der Waals surface area contributed by atoms with Crippen LogP contribution in [0.25, 0.3) is 0 Å². The van der Waals surface area contributed by atoms with Gasteiger partial charge in [-0.15, -0.1) is 0 Å². The first-order chi connectivity index (χ1) is 13.8. The Bertz CT molecular complexity index is 968. The van der Waals surface area contributed by atoms with Crippen molar-refractivity contribution in [1.82, 2.24) is 10.3 Å². The van der Waals surface area contributed by atoms with Gasteiger partial charge in [0.15, 0.2) is 0 Å². The number of pyridine rings is 1. The molecule has 2 aromatic rings. The molecule has 0 aliphatic carbocycles. The van der Waals surface area contributed by atoms with Gasteiger partial charge in [-0.2, -0.15) is 13.2 Å². The van der Waals surface area contributed by atoms with E-state index in [2.05, 4.69) is 10.3 Å². The van der Waals surface area contributed by atoms with Gasteiger partial charge in [-0.05, 0) is 12.1 Å². The fraction of sp³-hybridized carbons (Fsp3) is 0.333. The summed E-state index contributed by atoms with van der Waals surface area (Å²) in [7, 11) is 0. The van der Waals surface area contributed by atoms with Crippen molar-refractivity contribution in [2.45, 2.75) is 20.0 Å². The van der Waals surface area contributed by atoms with Gasteiger partial charge in [0.25, 0.3) is 11.6 Å². The maximum atomic E-state index is 12.7. The molecule has 0 spiro atoms. The van der Waals surface area contributed by atoms with E-state index < -0.39 is 28.0 Å². The van der Waals surface area contributed by atoms with E-state index >= 15 is 0 Å². The number of rotatable bonds is 7. The number of nitro benzene ring substituents is 1. The molecule has 1 aromatic heterocycles. The van der Waals surface area contributed by atoms with Gasteiger partial charge >= 0.3 is 6.18 Å². The molecule has 7 nitrogen and oxygen atoms in total. The van der Waals surface area contributed by atoms with Crippen molar-refractivity contribution in [3.63, 3.8) is 0 Å². The van der Waals surface area contributed by atoms with Gasteiger partial charge in [0.05, 0.1) is 27.7 Å². The fourth-order valence-corrected chi connectivity index (χ4v) is 2.64. The molecule has 162 valence electrons. The van der Waals surface area contributed by atoms with E-state index in [9.17, 15) is 28.1 Å². The van der Waals surface area contributed by atoms with Crippen LogP contribution >= 0.6 is 23.2 Å². The number of aromatic nitrogens is 1. The van der Waals surface area contributed by atoms with Gasteiger partial charge < -0.3 is 10.1 Å². The first kappa shape index (κ1) is 23.7. The van der Waals surface area contributed by atoms with Crippen LogP contribution in [-0.2, 0) is 6.18 Å². The second kappa shape index (κ2) is 9.05. The molecule has 0 saturated carbocycles. The quantitative estimate of drug-likeness (QED) is 0.450. The molecule has 30 heavy (non-hydrogen) atoms. The average molecular weight is 466 g/mol. The zero-order valence-electron chi connectivity index (χ0n) is 15.7. The van der Waals surface area contributed by atoms with Crippen LogP contribution in [0.3, 0.4) is 0 Å². The summed E-state index contributed by atoms with van der Waals surface area (Å²) in [4.78, 5) is 26.1. The molecule has 1 N–H and O–H groups in total. The smallest absolute Gasteiger partial charge is 0.417 e. The van der Waals surface area contributed by atoms with E-state index in [-0.39, 0.29) is 40.3 Å². The third-order valence-electron chi connectivity index (χ3n) is 3.87. The van der Waals surface area contributed by atoms with Crippen molar-refractivity contribution >= 4 is 34.8 Å². The minimum absolute atomic E-state index is 0.0337. The summed E-state index contributed by atoms with van der Waals surface area (Å²) in [6.07, 6.45) is -3.97. The van der Waals surface area contributed by atoms with Gasteiger partial charge in [-0.25, -0.2) is 4.98 Å². The lowest BCUT2D eigenvalue weighted by molar-refractivity contribution is -0.384. The Morgan fingerprint density at radius 2 is 1.90 bits per heavy atom. The van der Waals surface area contributed by atoms with Crippen LogP contribution in [0.4, 0.5) is 18.9 Å². The lowest BCUT2D eigenvalue weighted by atomic mass is 9.94. The number of carbonyl (C=O) groups is 1. The molecule has 1 aromatic carbocycles. The Balaban J connectivity index is 2.00. The van der Waals surface area contributed by atoms with Gasteiger partial charge in [-0.1, -0.05) is 37.0 Å². The van der Waals surface area contributed by atoms with Gasteiger partial charge in [-0.3, -0.25) is 14.9 Å². The van der Waals surface area contributed by atoms with E-state index in [0.29, 0.717) is 12.3 Å². The molecular formula is C18H16Cl2F3N3O4. The third-order valence-corrected chi connectivity index (χ3v) is 4.47. The van der Waals surface area contributed by atoms with E-state index in [1.807, 2.05) is 0 Å². The Hall–Kier alpha value is -2.59. The highest BCUT2D eigenvalue weighted by molar-refractivity contribution is 6.34. The van der Waals surface area contributed by atoms with Crippen LogP contribution in [0.1, 0.15) is 29.8 Å². The normalized spacial score (nSPS) is 11.8. The van der Waals surface area contributed by atoms with Crippen LogP contribution in [0, 0.1) is 15.5 Å². The largest absolute Gasteiger partial charge is 0.476 e. The lowest BCUT2D eigenvalue weighted by Gasteiger charge is -2.25. The number of nitro groups is 1. The van der Waals surface area contributed by atoms with E-state index in [4.69, 9.17) is 27.9 Å². The predicted octanol–water partition coefficient (Wildman–Crippen LogP) is 5.15. The zero-order chi connectivity index (χ0) is 22.7. The molecule has 1 amide bonds. The van der Waals surface area contributed by atoms with Crippen molar-refractivity contribution < 1.29 is 27.6 Å². The fourth-order valence-electron chi connectivity index (χ4n) is 2.22. The maximum Gasteiger partial charge on any atom is 0.417 e.